The van der Waals surface area contributed by atoms with Crippen LogP contribution >= 0.6 is 0 Å². The molecule has 0 amide bonds. The zero-order valence-electron chi connectivity index (χ0n) is 14.8. The monoisotopic (exact) mass is 385 g/mol. The van der Waals surface area contributed by atoms with E-state index < -0.39 is 10.0 Å². The van der Waals surface area contributed by atoms with Gasteiger partial charge in [0.25, 0.3) is 5.56 Å². The number of aromatic nitrogens is 1. The van der Waals surface area contributed by atoms with Gasteiger partial charge in [-0.1, -0.05) is 6.07 Å². The van der Waals surface area contributed by atoms with E-state index in [0.29, 0.717) is 25.4 Å². The number of benzene rings is 1. The molecule has 2 aliphatic rings. The van der Waals surface area contributed by atoms with Crippen LogP contribution in [0.3, 0.4) is 0 Å². The molecule has 2 bridgehead atoms. The molecule has 8 heteroatoms. The number of nitriles is 1. The number of methoxy groups -OCH3 is 1. The summed E-state index contributed by atoms with van der Waals surface area (Å²) in [6.45, 7) is 1.23. The van der Waals surface area contributed by atoms with Gasteiger partial charge in [-0.25, -0.2) is 8.42 Å². The zero-order valence-corrected chi connectivity index (χ0v) is 15.6. The van der Waals surface area contributed by atoms with E-state index in [0.717, 1.165) is 12.1 Å². The van der Waals surface area contributed by atoms with E-state index in [1.165, 1.54) is 29.6 Å². The van der Waals surface area contributed by atoms with Gasteiger partial charge in [-0.15, -0.1) is 0 Å². The van der Waals surface area contributed by atoms with Crippen LogP contribution in [0, 0.1) is 17.2 Å². The molecule has 1 fully saturated rings. The molecule has 2 unspecified atom stereocenters. The minimum absolute atomic E-state index is 0.00476. The van der Waals surface area contributed by atoms with E-state index in [4.69, 9.17) is 4.74 Å². The number of nitrogens with zero attached hydrogens (tertiary/aromatic N) is 3. The predicted octanol–water partition coefficient (Wildman–Crippen LogP) is 1.54. The van der Waals surface area contributed by atoms with E-state index in [9.17, 15) is 18.5 Å². The van der Waals surface area contributed by atoms with Crippen LogP contribution in [0.15, 0.2) is 46.1 Å². The summed E-state index contributed by atoms with van der Waals surface area (Å²) in [5.41, 5.74) is 1.05. The number of sulfonamides is 1. The van der Waals surface area contributed by atoms with Crippen molar-refractivity contribution in [2.24, 2.45) is 5.92 Å². The number of pyridine rings is 1. The molecular weight excluding hydrogens is 366 g/mol. The molecule has 27 heavy (non-hydrogen) atoms. The van der Waals surface area contributed by atoms with Gasteiger partial charge in [0.15, 0.2) is 0 Å². The zero-order chi connectivity index (χ0) is 19.2. The van der Waals surface area contributed by atoms with Crippen LogP contribution in [0.25, 0.3) is 0 Å². The summed E-state index contributed by atoms with van der Waals surface area (Å²) in [5, 5.41) is 9.25. The van der Waals surface area contributed by atoms with E-state index in [-0.39, 0.29) is 27.9 Å². The lowest BCUT2D eigenvalue weighted by Crippen LogP contribution is -2.49. The highest BCUT2D eigenvalue weighted by molar-refractivity contribution is 7.89. The molecule has 4 rings (SSSR count). The maximum atomic E-state index is 13.2. The van der Waals surface area contributed by atoms with Gasteiger partial charge < -0.3 is 9.30 Å². The Labute approximate surface area is 157 Å². The summed E-state index contributed by atoms with van der Waals surface area (Å²) in [4.78, 5) is 12.2. The quantitative estimate of drug-likeness (QED) is 0.799. The first-order valence-electron chi connectivity index (χ1n) is 8.72. The molecule has 0 radical (unpaired) electrons. The topological polar surface area (TPSA) is 92.4 Å². The number of hydrogen-bond donors (Lipinski definition) is 0. The summed E-state index contributed by atoms with van der Waals surface area (Å²) in [7, 11) is -2.29. The van der Waals surface area contributed by atoms with Crippen LogP contribution in [-0.4, -0.2) is 37.5 Å². The maximum Gasteiger partial charge on any atom is 0.250 e. The van der Waals surface area contributed by atoms with Gasteiger partial charge in [-0.3, -0.25) is 4.79 Å². The molecule has 1 saturated heterocycles. The number of ether oxygens (including phenoxy) is 1. The van der Waals surface area contributed by atoms with Gasteiger partial charge in [0.1, 0.15) is 11.8 Å². The average Bonchev–Trinajstić information content (AvgIpc) is 2.68. The maximum absolute atomic E-state index is 13.2. The molecule has 7 nitrogen and oxygen atoms in total. The highest BCUT2D eigenvalue weighted by atomic mass is 32.2. The number of hydrogen-bond acceptors (Lipinski definition) is 5. The number of fused-ring (bicyclic) bond motifs is 4. The molecule has 0 aliphatic carbocycles. The minimum Gasteiger partial charge on any atom is -0.495 e. The van der Waals surface area contributed by atoms with Gasteiger partial charge in [-0.05, 0) is 36.6 Å². The highest BCUT2D eigenvalue weighted by Crippen LogP contribution is 2.37. The molecule has 2 aromatic rings. The first-order valence-corrected chi connectivity index (χ1v) is 10.2. The number of piperidine rings is 1. The van der Waals surface area contributed by atoms with Crippen molar-refractivity contribution in [2.45, 2.75) is 23.8 Å². The molecule has 140 valence electrons. The van der Waals surface area contributed by atoms with Crippen molar-refractivity contribution in [2.75, 3.05) is 20.2 Å². The van der Waals surface area contributed by atoms with E-state index in [1.807, 2.05) is 12.1 Å². The van der Waals surface area contributed by atoms with Crippen LogP contribution in [0.5, 0.6) is 5.75 Å². The van der Waals surface area contributed by atoms with E-state index >= 15 is 0 Å². The lowest BCUT2D eigenvalue weighted by Gasteiger charge is -2.42. The normalized spacial score (nSPS) is 21.9. The molecule has 1 aromatic heterocycles. The van der Waals surface area contributed by atoms with Gasteiger partial charge in [0.2, 0.25) is 10.0 Å². The van der Waals surface area contributed by atoms with Crippen molar-refractivity contribution >= 4 is 10.0 Å². The lowest BCUT2D eigenvalue weighted by atomic mass is 9.84. The third-order valence-corrected chi connectivity index (χ3v) is 7.20. The first kappa shape index (κ1) is 17.8. The Morgan fingerprint density at radius 1 is 1.19 bits per heavy atom. The van der Waals surface area contributed by atoms with Crippen LogP contribution in [0.2, 0.25) is 0 Å². The van der Waals surface area contributed by atoms with Gasteiger partial charge in [-0.2, -0.15) is 9.57 Å². The van der Waals surface area contributed by atoms with Crippen molar-refractivity contribution in [3.8, 4) is 11.8 Å². The summed E-state index contributed by atoms with van der Waals surface area (Å²) in [6, 6.07) is 11.5. The van der Waals surface area contributed by atoms with Crippen molar-refractivity contribution in [3.63, 3.8) is 0 Å². The Bertz CT molecular complexity index is 1100. The van der Waals surface area contributed by atoms with Crippen molar-refractivity contribution in [1.82, 2.24) is 8.87 Å². The van der Waals surface area contributed by atoms with Crippen LogP contribution in [0.4, 0.5) is 0 Å². The predicted molar refractivity (Wildman–Crippen MR) is 98.0 cm³/mol. The van der Waals surface area contributed by atoms with Crippen LogP contribution in [-0.2, 0) is 16.6 Å². The first-order chi connectivity index (χ1) is 12.9. The summed E-state index contributed by atoms with van der Waals surface area (Å²) in [5.74, 6) is 0.440. The fourth-order valence-electron chi connectivity index (χ4n) is 4.13. The van der Waals surface area contributed by atoms with Crippen molar-refractivity contribution < 1.29 is 13.2 Å². The Balaban J connectivity index is 1.69. The Morgan fingerprint density at radius 2 is 2.00 bits per heavy atom. The Morgan fingerprint density at radius 3 is 2.74 bits per heavy atom. The van der Waals surface area contributed by atoms with E-state index in [2.05, 4.69) is 0 Å². The lowest BCUT2D eigenvalue weighted by molar-refractivity contribution is 0.186. The minimum atomic E-state index is -3.74. The molecule has 3 heterocycles. The Hall–Kier alpha value is -2.63. The van der Waals surface area contributed by atoms with Crippen LogP contribution < -0.4 is 10.3 Å². The smallest absolute Gasteiger partial charge is 0.250 e. The molecule has 1 aromatic carbocycles. The van der Waals surface area contributed by atoms with E-state index in [1.54, 1.807) is 16.7 Å². The molecule has 0 N–H and O–H groups in total. The number of rotatable bonds is 3. The fourth-order valence-corrected chi connectivity index (χ4v) is 5.72. The van der Waals surface area contributed by atoms with Crippen molar-refractivity contribution in [1.29, 1.82) is 5.26 Å². The standard InChI is InChI=1S/C19H19N3O4S/c1-26-18-6-5-16(8-14(18)9-20)27(24,25)21-10-13-7-15(12-21)17-3-2-4-19(23)22(17)11-13/h2-6,8,13,15H,7,10-12H2,1H3. The second-order valence-corrected chi connectivity index (χ2v) is 8.93. The van der Waals surface area contributed by atoms with Crippen molar-refractivity contribution in [3.05, 3.63) is 58.0 Å². The summed E-state index contributed by atoms with van der Waals surface area (Å²) < 4.78 is 34.7. The average molecular weight is 385 g/mol. The Kier molecular flexibility index (Phi) is 4.29. The summed E-state index contributed by atoms with van der Waals surface area (Å²) in [6.07, 6.45) is 0.877. The third-order valence-electron chi connectivity index (χ3n) is 5.38. The molecule has 0 spiro atoms. The summed E-state index contributed by atoms with van der Waals surface area (Å²) >= 11 is 0. The second-order valence-electron chi connectivity index (χ2n) is 6.99. The second kappa shape index (κ2) is 6.51. The third kappa shape index (κ3) is 2.93. The largest absolute Gasteiger partial charge is 0.495 e. The van der Waals surface area contributed by atoms with Gasteiger partial charge >= 0.3 is 0 Å². The molecule has 0 saturated carbocycles. The van der Waals surface area contributed by atoms with Gasteiger partial charge in [0, 0.05) is 37.3 Å². The molecular formula is C19H19N3O4S. The van der Waals surface area contributed by atoms with Crippen LogP contribution in [0.1, 0.15) is 23.6 Å². The SMILES string of the molecule is COc1ccc(S(=O)(=O)N2CC3CC(C2)c2cccc(=O)n2C3)cc1C#N. The molecule has 2 aliphatic heterocycles. The highest BCUT2D eigenvalue weighted by Gasteiger charge is 2.39. The van der Waals surface area contributed by atoms with Gasteiger partial charge in [0.05, 0.1) is 17.6 Å². The fraction of sp³-hybridized carbons (Fsp3) is 0.368. The molecule has 2 atom stereocenters.